The molecule has 2 heterocycles. The number of rotatable bonds is 1. The predicted molar refractivity (Wildman–Crippen MR) is 40.2 cm³/mol. The van der Waals surface area contributed by atoms with Crippen molar-refractivity contribution in [1.82, 2.24) is 19.6 Å². The van der Waals surface area contributed by atoms with Gasteiger partial charge in [-0.1, -0.05) is 6.92 Å². The second kappa shape index (κ2) is 2.30. The molecule has 0 aromatic carbocycles. The molecule has 0 aliphatic rings. The van der Waals surface area contributed by atoms with Crippen LogP contribution in [0.2, 0.25) is 0 Å². The lowest BCUT2D eigenvalue weighted by Crippen LogP contribution is -1.96. The third-order valence-corrected chi connectivity index (χ3v) is 1.62. The normalized spacial score (nSPS) is 10.6. The Bertz CT molecular complexity index is 365. The van der Waals surface area contributed by atoms with Gasteiger partial charge in [-0.25, -0.2) is 4.98 Å². The van der Waals surface area contributed by atoms with E-state index in [0.29, 0.717) is 0 Å². The fourth-order valence-corrected chi connectivity index (χ4v) is 1.07. The molecule has 0 unspecified atom stereocenters. The van der Waals surface area contributed by atoms with Crippen molar-refractivity contribution in [2.75, 3.05) is 0 Å². The highest BCUT2D eigenvalue weighted by Gasteiger charge is 1.98. The summed E-state index contributed by atoms with van der Waals surface area (Å²) in [5, 5.41) is 7.68. The van der Waals surface area contributed by atoms with Crippen molar-refractivity contribution < 1.29 is 0 Å². The van der Waals surface area contributed by atoms with Gasteiger partial charge < -0.3 is 0 Å². The molecule has 2 aromatic rings. The molecule has 0 aliphatic heterocycles. The molecule has 0 radical (unpaired) electrons. The summed E-state index contributed by atoms with van der Waals surface area (Å²) >= 11 is 0. The molecule has 0 N–H and O–H groups in total. The van der Waals surface area contributed by atoms with E-state index in [0.717, 1.165) is 17.9 Å². The second-order valence-electron chi connectivity index (χ2n) is 2.27. The average molecular weight is 148 g/mol. The van der Waals surface area contributed by atoms with Gasteiger partial charge >= 0.3 is 0 Å². The largest absolute Gasteiger partial charge is 0.269 e. The van der Waals surface area contributed by atoms with Gasteiger partial charge in [0.05, 0.1) is 0 Å². The first-order chi connectivity index (χ1) is 5.42. The van der Waals surface area contributed by atoms with Crippen LogP contribution in [0.3, 0.4) is 0 Å². The Labute approximate surface area is 63.9 Å². The smallest absolute Gasteiger partial charge is 0.163 e. The Morgan fingerprint density at radius 2 is 2.45 bits per heavy atom. The van der Waals surface area contributed by atoms with E-state index in [1.165, 1.54) is 0 Å². The zero-order valence-electron chi connectivity index (χ0n) is 6.23. The Morgan fingerprint density at radius 3 is 3.27 bits per heavy atom. The van der Waals surface area contributed by atoms with Crippen molar-refractivity contribution in [3.05, 3.63) is 24.4 Å². The molecule has 56 valence electrons. The minimum absolute atomic E-state index is 0.858. The maximum Gasteiger partial charge on any atom is 0.163 e. The monoisotopic (exact) mass is 148 g/mol. The van der Waals surface area contributed by atoms with Crippen molar-refractivity contribution in [3.8, 4) is 0 Å². The second-order valence-corrected chi connectivity index (χ2v) is 2.27. The van der Waals surface area contributed by atoms with E-state index in [9.17, 15) is 0 Å². The molecule has 0 bridgehead atoms. The number of aryl methyl sites for hydroxylation is 1. The van der Waals surface area contributed by atoms with Gasteiger partial charge in [0, 0.05) is 18.7 Å². The molecular formula is C7H8N4. The quantitative estimate of drug-likeness (QED) is 0.597. The molecule has 4 heteroatoms. The van der Waals surface area contributed by atoms with Crippen LogP contribution >= 0.6 is 0 Å². The molecule has 0 saturated heterocycles. The van der Waals surface area contributed by atoms with E-state index >= 15 is 0 Å². The minimum Gasteiger partial charge on any atom is -0.269 e. The summed E-state index contributed by atoms with van der Waals surface area (Å²) in [5.41, 5.74) is 0.858. The lowest BCUT2D eigenvalue weighted by atomic mass is 10.4. The van der Waals surface area contributed by atoms with Crippen LogP contribution in [-0.4, -0.2) is 19.6 Å². The van der Waals surface area contributed by atoms with E-state index in [1.807, 2.05) is 10.5 Å². The Balaban J connectivity index is 2.79. The van der Waals surface area contributed by atoms with Gasteiger partial charge in [-0.15, -0.1) is 10.2 Å². The van der Waals surface area contributed by atoms with E-state index in [-0.39, 0.29) is 0 Å². The van der Waals surface area contributed by atoms with Crippen molar-refractivity contribution >= 4 is 5.65 Å². The van der Waals surface area contributed by atoms with Crippen molar-refractivity contribution in [1.29, 1.82) is 0 Å². The molecule has 0 atom stereocenters. The summed E-state index contributed by atoms with van der Waals surface area (Å²) in [5.74, 6) is 0.993. The van der Waals surface area contributed by atoms with E-state index in [4.69, 9.17) is 0 Å². The van der Waals surface area contributed by atoms with E-state index in [2.05, 4.69) is 22.1 Å². The first-order valence-corrected chi connectivity index (χ1v) is 3.55. The Morgan fingerprint density at radius 1 is 1.55 bits per heavy atom. The highest BCUT2D eigenvalue weighted by molar-refractivity contribution is 5.34. The first-order valence-electron chi connectivity index (χ1n) is 3.55. The van der Waals surface area contributed by atoms with Crippen LogP contribution in [0.5, 0.6) is 0 Å². The van der Waals surface area contributed by atoms with Gasteiger partial charge in [0.25, 0.3) is 0 Å². The minimum atomic E-state index is 0.858. The molecule has 2 aromatic heterocycles. The fourth-order valence-electron chi connectivity index (χ4n) is 1.07. The number of aromatic nitrogens is 4. The van der Waals surface area contributed by atoms with Crippen molar-refractivity contribution in [2.24, 2.45) is 0 Å². The van der Waals surface area contributed by atoms with Gasteiger partial charge in [0.2, 0.25) is 0 Å². The summed E-state index contributed by atoms with van der Waals surface area (Å²) in [6.45, 7) is 2.06. The number of fused-ring (bicyclic) bond motifs is 1. The van der Waals surface area contributed by atoms with Crippen molar-refractivity contribution in [2.45, 2.75) is 13.3 Å². The molecule has 0 aliphatic carbocycles. The molecule has 0 fully saturated rings. The zero-order chi connectivity index (χ0) is 7.68. The van der Waals surface area contributed by atoms with Crippen LogP contribution in [0.4, 0.5) is 0 Å². The Hall–Kier alpha value is -1.45. The Kier molecular flexibility index (Phi) is 1.31. The topological polar surface area (TPSA) is 43.1 Å². The lowest BCUT2D eigenvalue weighted by molar-refractivity contribution is 0.892. The van der Waals surface area contributed by atoms with Gasteiger partial charge in [-0.05, 0) is 0 Å². The van der Waals surface area contributed by atoms with Gasteiger partial charge in [0.1, 0.15) is 12.2 Å². The summed E-state index contributed by atoms with van der Waals surface area (Å²) < 4.78 is 1.89. The van der Waals surface area contributed by atoms with Crippen LogP contribution in [0.25, 0.3) is 5.65 Å². The highest BCUT2D eigenvalue weighted by Crippen LogP contribution is 2.00. The number of hydrogen-bond acceptors (Lipinski definition) is 3. The van der Waals surface area contributed by atoms with Gasteiger partial charge in [-0.3, -0.25) is 4.40 Å². The predicted octanol–water partition coefficient (Wildman–Crippen LogP) is 0.687. The highest BCUT2D eigenvalue weighted by atomic mass is 15.2. The number of hydrogen-bond donors (Lipinski definition) is 0. The molecule has 11 heavy (non-hydrogen) atoms. The first kappa shape index (κ1) is 6.27. The molecule has 0 amide bonds. The third-order valence-electron chi connectivity index (χ3n) is 1.62. The summed E-state index contributed by atoms with van der Waals surface area (Å²) in [6, 6.07) is 1.84. The summed E-state index contributed by atoms with van der Waals surface area (Å²) in [4.78, 5) is 4.18. The van der Waals surface area contributed by atoms with Gasteiger partial charge in [0.15, 0.2) is 5.65 Å². The molecule has 4 nitrogen and oxygen atoms in total. The zero-order valence-corrected chi connectivity index (χ0v) is 6.23. The molecule has 2 rings (SSSR count). The fraction of sp³-hybridized carbons (Fsp3) is 0.286. The van der Waals surface area contributed by atoms with E-state index < -0.39 is 0 Å². The van der Waals surface area contributed by atoms with Crippen LogP contribution in [0, 0.1) is 0 Å². The SMILES string of the molecule is CCc1nccc2nncn12. The summed E-state index contributed by atoms with van der Waals surface area (Å²) in [7, 11) is 0. The van der Waals surface area contributed by atoms with Crippen LogP contribution in [0.1, 0.15) is 12.7 Å². The third kappa shape index (κ3) is 0.869. The van der Waals surface area contributed by atoms with Crippen LogP contribution < -0.4 is 0 Å². The maximum atomic E-state index is 4.18. The molecular weight excluding hydrogens is 140 g/mol. The maximum absolute atomic E-state index is 4.18. The van der Waals surface area contributed by atoms with E-state index in [1.54, 1.807) is 12.5 Å². The number of nitrogens with zero attached hydrogens (tertiary/aromatic N) is 4. The molecule has 0 spiro atoms. The standard InChI is InChI=1S/C7H8N4/c1-2-6-8-4-3-7-10-9-5-11(6)7/h3-5H,2H2,1H3. The van der Waals surface area contributed by atoms with Crippen LogP contribution in [0.15, 0.2) is 18.6 Å². The average Bonchev–Trinajstić information content (AvgIpc) is 2.50. The molecule has 0 saturated carbocycles. The van der Waals surface area contributed by atoms with Crippen LogP contribution in [-0.2, 0) is 6.42 Å². The summed E-state index contributed by atoms with van der Waals surface area (Å²) in [6.07, 6.45) is 4.33. The van der Waals surface area contributed by atoms with Crippen molar-refractivity contribution in [3.63, 3.8) is 0 Å². The van der Waals surface area contributed by atoms with Gasteiger partial charge in [-0.2, -0.15) is 0 Å². The lowest BCUT2D eigenvalue weighted by Gasteiger charge is -1.97.